The van der Waals surface area contributed by atoms with E-state index < -0.39 is 0 Å². The molecule has 0 amide bonds. The lowest BCUT2D eigenvalue weighted by atomic mass is 9.80. The first-order valence-electron chi connectivity index (χ1n) is 4.41. The fourth-order valence-corrected chi connectivity index (χ4v) is 2.18. The minimum atomic E-state index is -0.267. The van der Waals surface area contributed by atoms with E-state index in [1.54, 1.807) is 0 Å². The Balaban J connectivity index is 2.22. The van der Waals surface area contributed by atoms with Crippen molar-refractivity contribution < 1.29 is 9.47 Å². The summed E-state index contributed by atoms with van der Waals surface area (Å²) < 4.78 is 11.3. The standard InChI is InChI=1S/C9H16O2/c1-6-4-10-9(3)7(2)8(6)5-11-9/h6-8H,4-5H2,1-3H3/t6-,7+,8+,9+/m0/s1. The lowest BCUT2D eigenvalue weighted by Gasteiger charge is -2.37. The van der Waals surface area contributed by atoms with Crippen LogP contribution in [0.4, 0.5) is 0 Å². The van der Waals surface area contributed by atoms with Crippen LogP contribution in [0.15, 0.2) is 0 Å². The van der Waals surface area contributed by atoms with E-state index in [1.807, 2.05) is 0 Å². The first-order chi connectivity index (χ1) is 5.13. The maximum Gasteiger partial charge on any atom is 0.168 e. The molecule has 0 spiro atoms. The Morgan fingerprint density at radius 3 is 2.45 bits per heavy atom. The van der Waals surface area contributed by atoms with Gasteiger partial charge in [0, 0.05) is 5.92 Å². The van der Waals surface area contributed by atoms with Gasteiger partial charge >= 0.3 is 0 Å². The zero-order chi connectivity index (χ0) is 8.06. The van der Waals surface area contributed by atoms with Crippen LogP contribution < -0.4 is 0 Å². The van der Waals surface area contributed by atoms with Crippen LogP contribution in [-0.4, -0.2) is 19.0 Å². The highest BCUT2D eigenvalue weighted by atomic mass is 16.7. The van der Waals surface area contributed by atoms with Gasteiger partial charge in [0.25, 0.3) is 0 Å². The fourth-order valence-electron chi connectivity index (χ4n) is 2.18. The molecule has 0 N–H and O–H groups in total. The molecule has 0 aromatic rings. The van der Waals surface area contributed by atoms with Crippen molar-refractivity contribution in [1.82, 2.24) is 0 Å². The topological polar surface area (TPSA) is 18.5 Å². The van der Waals surface area contributed by atoms with Crippen LogP contribution in [0, 0.1) is 17.8 Å². The molecule has 0 radical (unpaired) electrons. The van der Waals surface area contributed by atoms with Gasteiger partial charge in [-0.05, 0) is 18.8 Å². The van der Waals surface area contributed by atoms with Crippen molar-refractivity contribution in [3.05, 3.63) is 0 Å². The highest BCUT2D eigenvalue weighted by Gasteiger charge is 2.50. The van der Waals surface area contributed by atoms with Crippen molar-refractivity contribution in [1.29, 1.82) is 0 Å². The van der Waals surface area contributed by atoms with E-state index in [2.05, 4.69) is 20.8 Å². The molecule has 2 bridgehead atoms. The van der Waals surface area contributed by atoms with Crippen LogP contribution in [-0.2, 0) is 9.47 Å². The van der Waals surface area contributed by atoms with Crippen molar-refractivity contribution in [2.75, 3.05) is 13.2 Å². The molecule has 64 valence electrons. The van der Waals surface area contributed by atoms with Gasteiger partial charge in [0.2, 0.25) is 0 Å². The Bertz CT molecular complexity index is 169. The average molecular weight is 156 g/mol. The monoisotopic (exact) mass is 156 g/mol. The summed E-state index contributed by atoms with van der Waals surface area (Å²) in [4.78, 5) is 0. The molecule has 11 heavy (non-hydrogen) atoms. The normalized spacial score (nSPS) is 56.5. The predicted octanol–water partition coefficient (Wildman–Crippen LogP) is 1.65. The summed E-state index contributed by atoms with van der Waals surface area (Å²) in [6.45, 7) is 8.29. The maximum absolute atomic E-state index is 5.66. The molecular formula is C9H16O2. The number of hydrogen-bond donors (Lipinski definition) is 0. The van der Waals surface area contributed by atoms with Crippen LogP contribution in [0.25, 0.3) is 0 Å². The van der Waals surface area contributed by atoms with Crippen LogP contribution in [0.1, 0.15) is 20.8 Å². The zero-order valence-corrected chi connectivity index (χ0v) is 7.46. The molecule has 2 nitrogen and oxygen atoms in total. The molecule has 2 aliphatic heterocycles. The van der Waals surface area contributed by atoms with E-state index in [0.717, 1.165) is 13.2 Å². The Kier molecular flexibility index (Phi) is 1.52. The van der Waals surface area contributed by atoms with Gasteiger partial charge in [-0.3, -0.25) is 0 Å². The molecule has 2 saturated heterocycles. The molecule has 2 heteroatoms. The summed E-state index contributed by atoms with van der Waals surface area (Å²) in [5, 5.41) is 0. The summed E-state index contributed by atoms with van der Waals surface area (Å²) in [6, 6.07) is 0. The average Bonchev–Trinajstić information content (AvgIpc) is 2.14. The van der Waals surface area contributed by atoms with Crippen LogP contribution in [0.2, 0.25) is 0 Å². The largest absolute Gasteiger partial charge is 0.350 e. The minimum absolute atomic E-state index is 0.267. The van der Waals surface area contributed by atoms with Crippen molar-refractivity contribution in [3.8, 4) is 0 Å². The lowest BCUT2D eigenvalue weighted by molar-refractivity contribution is -0.231. The van der Waals surface area contributed by atoms with Gasteiger partial charge in [-0.2, -0.15) is 0 Å². The van der Waals surface area contributed by atoms with Gasteiger partial charge in [-0.1, -0.05) is 13.8 Å². The Morgan fingerprint density at radius 1 is 1.18 bits per heavy atom. The molecule has 0 aliphatic carbocycles. The highest BCUT2D eigenvalue weighted by Crippen LogP contribution is 2.44. The molecule has 2 heterocycles. The van der Waals surface area contributed by atoms with Crippen molar-refractivity contribution in [2.24, 2.45) is 17.8 Å². The van der Waals surface area contributed by atoms with Gasteiger partial charge < -0.3 is 9.47 Å². The van der Waals surface area contributed by atoms with E-state index in [9.17, 15) is 0 Å². The number of ether oxygens (including phenoxy) is 2. The summed E-state index contributed by atoms with van der Waals surface area (Å²) in [7, 11) is 0. The van der Waals surface area contributed by atoms with E-state index in [1.165, 1.54) is 0 Å². The van der Waals surface area contributed by atoms with Crippen LogP contribution >= 0.6 is 0 Å². The number of hydrogen-bond acceptors (Lipinski definition) is 2. The van der Waals surface area contributed by atoms with Gasteiger partial charge in [-0.15, -0.1) is 0 Å². The minimum Gasteiger partial charge on any atom is -0.350 e. The Labute approximate surface area is 67.9 Å². The second-order valence-corrected chi connectivity index (χ2v) is 4.07. The molecule has 0 saturated carbocycles. The lowest BCUT2D eigenvalue weighted by Crippen LogP contribution is -2.42. The first kappa shape index (κ1) is 7.56. The first-order valence-corrected chi connectivity index (χ1v) is 4.41. The third kappa shape index (κ3) is 0.926. The van der Waals surface area contributed by atoms with Crippen LogP contribution in [0.5, 0.6) is 0 Å². The van der Waals surface area contributed by atoms with Crippen LogP contribution in [0.3, 0.4) is 0 Å². The van der Waals surface area contributed by atoms with E-state index in [4.69, 9.17) is 9.47 Å². The SMILES string of the molecule is C[C@@H]1[C@@H]2CO[C@@]1(C)OC[C@@H]2C. The maximum atomic E-state index is 5.66. The molecule has 0 unspecified atom stereocenters. The molecule has 0 aromatic carbocycles. The van der Waals surface area contributed by atoms with Gasteiger partial charge in [-0.25, -0.2) is 0 Å². The second-order valence-electron chi connectivity index (χ2n) is 4.07. The molecular weight excluding hydrogens is 140 g/mol. The quantitative estimate of drug-likeness (QED) is 0.531. The van der Waals surface area contributed by atoms with E-state index in [0.29, 0.717) is 17.8 Å². The third-order valence-corrected chi connectivity index (χ3v) is 3.40. The summed E-state index contributed by atoms with van der Waals surface area (Å²) in [6.07, 6.45) is 0. The summed E-state index contributed by atoms with van der Waals surface area (Å²) in [5.74, 6) is 1.68. The van der Waals surface area contributed by atoms with Crippen molar-refractivity contribution in [2.45, 2.75) is 26.6 Å². The fraction of sp³-hybridized carbons (Fsp3) is 1.00. The van der Waals surface area contributed by atoms with Crippen molar-refractivity contribution >= 4 is 0 Å². The number of rotatable bonds is 0. The smallest absolute Gasteiger partial charge is 0.168 e. The van der Waals surface area contributed by atoms with E-state index in [-0.39, 0.29) is 5.79 Å². The third-order valence-electron chi connectivity index (χ3n) is 3.40. The Morgan fingerprint density at radius 2 is 1.82 bits per heavy atom. The molecule has 2 fully saturated rings. The van der Waals surface area contributed by atoms with Crippen molar-refractivity contribution in [3.63, 3.8) is 0 Å². The summed E-state index contributed by atoms with van der Waals surface area (Å²) in [5.41, 5.74) is 0. The predicted molar refractivity (Wildman–Crippen MR) is 42.1 cm³/mol. The van der Waals surface area contributed by atoms with Gasteiger partial charge in [0.15, 0.2) is 5.79 Å². The molecule has 0 aromatic heterocycles. The Hall–Kier alpha value is -0.0800. The van der Waals surface area contributed by atoms with Gasteiger partial charge in [0.1, 0.15) is 0 Å². The van der Waals surface area contributed by atoms with E-state index >= 15 is 0 Å². The molecule has 2 rings (SSSR count). The second kappa shape index (κ2) is 2.20. The molecule has 2 aliphatic rings. The zero-order valence-electron chi connectivity index (χ0n) is 7.46. The number of fused-ring (bicyclic) bond motifs is 2. The highest BCUT2D eigenvalue weighted by molar-refractivity contribution is 4.91. The molecule has 4 atom stereocenters. The summed E-state index contributed by atoms with van der Waals surface area (Å²) >= 11 is 0. The van der Waals surface area contributed by atoms with Gasteiger partial charge in [0.05, 0.1) is 13.2 Å².